The summed E-state index contributed by atoms with van der Waals surface area (Å²) in [4.78, 5) is 8.69. The summed E-state index contributed by atoms with van der Waals surface area (Å²) >= 11 is 0. The molecule has 0 spiro atoms. The molecule has 0 unspecified atom stereocenters. The normalized spacial score (nSPS) is 16.1. The summed E-state index contributed by atoms with van der Waals surface area (Å²) in [6, 6.07) is 10.2. The average molecular weight is 428 g/mol. The number of nitrogens with zero attached hydrogens (tertiary/aromatic N) is 4. The number of benzene rings is 1. The predicted molar refractivity (Wildman–Crippen MR) is 107 cm³/mol. The highest BCUT2D eigenvalue weighted by Crippen LogP contribution is 2.55. The number of pyridine rings is 2. The Morgan fingerprint density at radius 2 is 1.09 bits per heavy atom. The third kappa shape index (κ3) is 2.41. The van der Waals surface area contributed by atoms with Crippen LogP contribution in [-0.2, 0) is 0 Å². The molecule has 0 fully saturated rings. The minimum Gasteiger partial charge on any atom is -0.254 e. The van der Waals surface area contributed by atoms with Crippen molar-refractivity contribution >= 4 is 16.7 Å². The molecule has 2 aromatic heterocycles. The summed E-state index contributed by atoms with van der Waals surface area (Å²) in [5.41, 5.74) is 0.991. The van der Waals surface area contributed by atoms with Crippen LogP contribution in [0.3, 0.4) is 0 Å². The van der Waals surface area contributed by atoms with E-state index in [1.165, 1.54) is 0 Å². The lowest BCUT2D eigenvalue weighted by Gasteiger charge is -2.11. The average Bonchev–Trinajstić information content (AvgIpc) is 3.29. The van der Waals surface area contributed by atoms with Crippen LogP contribution in [0.4, 0.5) is 17.6 Å². The van der Waals surface area contributed by atoms with Gasteiger partial charge in [0.15, 0.2) is 23.3 Å². The monoisotopic (exact) mass is 428 g/mol. The number of halogens is 4. The lowest BCUT2D eigenvalue weighted by molar-refractivity contribution is 0.407. The lowest BCUT2D eigenvalue weighted by Crippen LogP contribution is -2.03. The molecule has 1 aromatic carbocycles. The van der Waals surface area contributed by atoms with Gasteiger partial charge in [-0.1, -0.05) is 12.1 Å². The van der Waals surface area contributed by atoms with Crippen molar-refractivity contribution in [1.82, 2.24) is 9.97 Å². The topological polar surface area (TPSA) is 73.4 Å². The Morgan fingerprint density at radius 3 is 1.50 bits per heavy atom. The Bertz CT molecular complexity index is 1420. The molecule has 0 amide bonds. The van der Waals surface area contributed by atoms with Crippen molar-refractivity contribution in [2.24, 2.45) is 0 Å². The Labute approximate surface area is 178 Å². The Morgan fingerprint density at radius 1 is 0.656 bits per heavy atom. The molecule has 8 heteroatoms. The maximum atomic E-state index is 14.9. The summed E-state index contributed by atoms with van der Waals surface area (Å²) < 4.78 is 58.1. The van der Waals surface area contributed by atoms with E-state index in [2.05, 4.69) is 9.97 Å². The highest BCUT2D eigenvalue weighted by atomic mass is 19.2. The first-order chi connectivity index (χ1) is 15.5. The second-order valence-corrected chi connectivity index (χ2v) is 6.93. The maximum Gasteiger partial charge on any atom is 0.198 e. The quantitative estimate of drug-likeness (QED) is 0.164. The first kappa shape index (κ1) is 19.4. The summed E-state index contributed by atoms with van der Waals surface area (Å²) in [5, 5.41) is 18.7. The molecule has 0 N–H and O–H groups in total. The van der Waals surface area contributed by atoms with Crippen molar-refractivity contribution in [2.45, 2.75) is 0 Å². The van der Waals surface area contributed by atoms with Gasteiger partial charge in [-0.3, -0.25) is 9.97 Å². The highest BCUT2D eigenvalue weighted by molar-refractivity contribution is 6.19. The predicted octanol–water partition coefficient (Wildman–Crippen LogP) is 5.34. The zero-order valence-corrected chi connectivity index (χ0v) is 15.9. The molecule has 2 heterocycles. The van der Waals surface area contributed by atoms with Crippen LogP contribution in [-0.4, -0.2) is 9.97 Å². The van der Waals surface area contributed by atoms with Crippen LogP contribution in [0.2, 0.25) is 0 Å². The van der Waals surface area contributed by atoms with E-state index in [4.69, 9.17) is 0 Å². The van der Waals surface area contributed by atoms with Gasteiger partial charge in [0, 0.05) is 69.1 Å². The van der Waals surface area contributed by atoms with E-state index in [1.54, 1.807) is 48.8 Å². The van der Waals surface area contributed by atoms with Crippen LogP contribution in [0.1, 0.15) is 22.3 Å². The van der Waals surface area contributed by atoms with Crippen LogP contribution in [0, 0.1) is 45.9 Å². The van der Waals surface area contributed by atoms with Gasteiger partial charge in [0.05, 0.1) is 23.5 Å². The third-order valence-electron chi connectivity index (χ3n) is 5.39. The number of fused-ring (bicyclic) bond motifs is 4. The SMILES string of the molecule is N#C/C=C1/C(=C2c3cccnc3-c3ncccc32)/C(=C/C#N)c2c(F)c(F)c(F)c(F)c21. The van der Waals surface area contributed by atoms with Crippen molar-refractivity contribution < 1.29 is 17.6 Å². The van der Waals surface area contributed by atoms with Gasteiger partial charge >= 0.3 is 0 Å². The molecule has 2 aliphatic carbocycles. The number of aromatic nitrogens is 2. The Balaban J connectivity index is 2.02. The lowest BCUT2D eigenvalue weighted by atomic mass is 9.91. The molecule has 32 heavy (non-hydrogen) atoms. The van der Waals surface area contributed by atoms with Gasteiger partial charge < -0.3 is 0 Å². The fourth-order valence-electron chi connectivity index (χ4n) is 4.23. The van der Waals surface area contributed by atoms with Gasteiger partial charge in [0.25, 0.3) is 0 Å². The number of allylic oxidation sites excluding steroid dienone is 5. The van der Waals surface area contributed by atoms with E-state index in [9.17, 15) is 28.1 Å². The van der Waals surface area contributed by atoms with Gasteiger partial charge in [-0.25, -0.2) is 17.6 Å². The molecule has 5 rings (SSSR count). The highest BCUT2D eigenvalue weighted by Gasteiger charge is 2.41. The fraction of sp³-hybridized carbons (Fsp3) is 0. The van der Waals surface area contributed by atoms with Gasteiger partial charge in [0.1, 0.15) is 0 Å². The van der Waals surface area contributed by atoms with Gasteiger partial charge in [-0.15, -0.1) is 0 Å². The minimum atomic E-state index is -2.00. The minimum absolute atomic E-state index is 0.0897. The van der Waals surface area contributed by atoms with Crippen LogP contribution in [0.5, 0.6) is 0 Å². The van der Waals surface area contributed by atoms with Gasteiger partial charge in [-0.2, -0.15) is 10.5 Å². The van der Waals surface area contributed by atoms with Crippen LogP contribution in [0.15, 0.2) is 54.4 Å². The Kier molecular flexibility index (Phi) is 4.25. The van der Waals surface area contributed by atoms with Crippen LogP contribution >= 0.6 is 0 Å². The first-order valence-corrected chi connectivity index (χ1v) is 9.23. The van der Waals surface area contributed by atoms with E-state index >= 15 is 0 Å². The number of nitriles is 2. The van der Waals surface area contributed by atoms with Crippen LogP contribution in [0.25, 0.3) is 28.1 Å². The van der Waals surface area contributed by atoms with Gasteiger partial charge in [-0.05, 0) is 12.1 Å². The van der Waals surface area contributed by atoms with E-state index in [1.807, 2.05) is 0 Å². The second-order valence-electron chi connectivity index (χ2n) is 6.93. The molecule has 2 aliphatic rings. The molecule has 4 nitrogen and oxygen atoms in total. The smallest absolute Gasteiger partial charge is 0.198 e. The number of hydrogen-bond donors (Lipinski definition) is 0. The molecule has 3 aromatic rings. The van der Waals surface area contributed by atoms with E-state index in [0.717, 1.165) is 12.2 Å². The molecule has 152 valence electrons. The third-order valence-corrected chi connectivity index (χ3v) is 5.39. The van der Waals surface area contributed by atoms with Crippen molar-refractivity contribution in [1.29, 1.82) is 10.5 Å². The molecule has 0 bridgehead atoms. The van der Waals surface area contributed by atoms with Crippen molar-refractivity contribution in [3.05, 3.63) is 99.9 Å². The molecule has 0 radical (unpaired) electrons. The van der Waals surface area contributed by atoms with E-state index in [0.29, 0.717) is 28.1 Å². The number of rotatable bonds is 0. The Hall–Kier alpha value is -4.56. The van der Waals surface area contributed by atoms with Crippen LogP contribution < -0.4 is 0 Å². The zero-order chi connectivity index (χ0) is 22.6. The van der Waals surface area contributed by atoms with Crippen molar-refractivity contribution in [3.8, 4) is 23.5 Å². The maximum absolute atomic E-state index is 14.9. The first-order valence-electron chi connectivity index (χ1n) is 9.23. The molecular formula is C24H8F4N4. The molecule has 0 aliphatic heterocycles. The number of hydrogen-bond acceptors (Lipinski definition) is 4. The largest absolute Gasteiger partial charge is 0.254 e. The molecule has 0 atom stereocenters. The fourth-order valence-corrected chi connectivity index (χ4v) is 4.23. The standard InChI is InChI=1S/C24H8F4N4/c25-19-17-11(5-7-29)15(12(6-8-30)18(17)20(26)22(28)21(19)27)16-13-3-1-9-31-23(13)24-14(16)4-2-10-32-24/h1-6,9-10H/b11-5-,12-6-. The summed E-state index contributed by atoms with van der Waals surface area (Å²) in [5.74, 6) is -7.28. The summed E-state index contributed by atoms with van der Waals surface area (Å²) in [7, 11) is 0. The van der Waals surface area contributed by atoms with Crippen molar-refractivity contribution in [2.75, 3.05) is 0 Å². The van der Waals surface area contributed by atoms with E-state index < -0.39 is 34.4 Å². The molecule has 0 saturated carbocycles. The molecule has 0 saturated heterocycles. The summed E-state index contributed by atoms with van der Waals surface area (Å²) in [6.07, 6.45) is 4.94. The van der Waals surface area contributed by atoms with E-state index in [-0.39, 0.29) is 16.7 Å². The summed E-state index contributed by atoms with van der Waals surface area (Å²) in [6.45, 7) is 0. The molecular weight excluding hydrogens is 420 g/mol. The zero-order valence-electron chi connectivity index (χ0n) is 15.9. The van der Waals surface area contributed by atoms with Crippen molar-refractivity contribution in [3.63, 3.8) is 0 Å². The van der Waals surface area contributed by atoms with Gasteiger partial charge in [0.2, 0.25) is 0 Å². The second kappa shape index (κ2) is 7.00.